The van der Waals surface area contributed by atoms with Gasteiger partial charge in [0.25, 0.3) is 0 Å². The quantitative estimate of drug-likeness (QED) is 0.460. The second-order valence-corrected chi connectivity index (χ2v) is 6.66. The molecule has 1 unspecified atom stereocenters. The van der Waals surface area contributed by atoms with E-state index in [-0.39, 0.29) is 0 Å². The molecule has 0 bridgehead atoms. The summed E-state index contributed by atoms with van der Waals surface area (Å²) in [6.07, 6.45) is 7.46. The first-order chi connectivity index (χ1) is 12.3. The molecule has 2 rings (SSSR count). The molecule has 0 aliphatic rings. The minimum atomic E-state index is 0.403. The van der Waals surface area contributed by atoms with Gasteiger partial charge in [-0.15, -0.1) is 0 Å². The maximum Gasteiger partial charge on any atom is 0.119 e. The summed E-state index contributed by atoms with van der Waals surface area (Å²) >= 11 is 0. The molecular weight excluding hydrogens is 306 g/mol. The smallest absolute Gasteiger partial charge is 0.119 e. The van der Waals surface area contributed by atoms with Gasteiger partial charge in [-0.3, -0.25) is 0 Å². The average Bonchev–Trinajstić information content (AvgIpc) is 2.67. The van der Waals surface area contributed by atoms with E-state index in [1.165, 1.54) is 36.8 Å². The van der Waals surface area contributed by atoms with Gasteiger partial charge < -0.3 is 10.1 Å². The van der Waals surface area contributed by atoms with Gasteiger partial charge in [-0.25, -0.2) is 0 Å². The topological polar surface area (TPSA) is 21.3 Å². The van der Waals surface area contributed by atoms with Crippen molar-refractivity contribution in [1.29, 1.82) is 0 Å². The minimum Gasteiger partial charge on any atom is -0.494 e. The van der Waals surface area contributed by atoms with Crippen molar-refractivity contribution in [1.82, 2.24) is 5.32 Å². The van der Waals surface area contributed by atoms with Crippen molar-refractivity contribution in [2.75, 3.05) is 6.61 Å². The molecule has 2 aromatic rings. The summed E-state index contributed by atoms with van der Waals surface area (Å²) in [4.78, 5) is 0. The molecule has 0 spiro atoms. The molecule has 1 atom stereocenters. The van der Waals surface area contributed by atoms with Crippen LogP contribution >= 0.6 is 0 Å². The maximum absolute atomic E-state index is 5.84. The summed E-state index contributed by atoms with van der Waals surface area (Å²) < 4.78 is 5.84. The van der Waals surface area contributed by atoms with Gasteiger partial charge in [-0.05, 0) is 36.1 Å². The lowest BCUT2D eigenvalue weighted by Crippen LogP contribution is -2.20. The summed E-state index contributed by atoms with van der Waals surface area (Å²) in [5.74, 6) is 0.981. The van der Waals surface area contributed by atoms with E-state index in [9.17, 15) is 0 Å². The summed E-state index contributed by atoms with van der Waals surface area (Å²) in [6.45, 7) is 6.18. The zero-order chi connectivity index (χ0) is 17.7. The Morgan fingerprint density at radius 3 is 2.24 bits per heavy atom. The van der Waals surface area contributed by atoms with Crippen LogP contribution in [-0.4, -0.2) is 6.61 Å². The lowest BCUT2D eigenvalue weighted by atomic mass is 10.0. The van der Waals surface area contributed by atoms with Gasteiger partial charge >= 0.3 is 0 Å². The Balaban J connectivity index is 1.72. The molecule has 2 aromatic carbocycles. The van der Waals surface area contributed by atoms with Crippen LogP contribution in [0.1, 0.15) is 69.5 Å². The van der Waals surface area contributed by atoms with Crippen LogP contribution in [0.2, 0.25) is 0 Å². The predicted molar refractivity (Wildman–Crippen MR) is 107 cm³/mol. The van der Waals surface area contributed by atoms with Gasteiger partial charge in [0.1, 0.15) is 5.75 Å². The molecule has 0 heterocycles. The Morgan fingerprint density at radius 2 is 1.56 bits per heavy atom. The molecular formula is C23H33NO. The number of hydrogen-bond donors (Lipinski definition) is 1. The van der Waals surface area contributed by atoms with Crippen LogP contribution in [-0.2, 0) is 6.54 Å². The van der Waals surface area contributed by atoms with E-state index in [0.717, 1.165) is 31.7 Å². The van der Waals surface area contributed by atoms with Gasteiger partial charge in [-0.1, -0.05) is 82.0 Å². The number of rotatable bonds is 12. The van der Waals surface area contributed by atoms with Gasteiger partial charge in [0.15, 0.2) is 0 Å². The largest absolute Gasteiger partial charge is 0.494 e. The first kappa shape index (κ1) is 19.5. The van der Waals surface area contributed by atoms with Crippen LogP contribution in [0.3, 0.4) is 0 Å². The number of nitrogens with one attached hydrogen (secondary N) is 1. The second-order valence-electron chi connectivity index (χ2n) is 6.66. The highest BCUT2D eigenvalue weighted by molar-refractivity contribution is 5.27. The van der Waals surface area contributed by atoms with Crippen molar-refractivity contribution in [2.45, 2.75) is 65.0 Å². The van der Waals surface area contributed by atoms with E-state index in [2.05, 4.69) is 73.8 Å². The van der Waals surface area contributed by atoms with Crippen LogP contribution in [0, 0.1) is 0 Å². The van der Waals surface area contributed by atoms with E-state index in [4.69, 9.17) is 4.74 Å². The zero-order valence-corrected chi connectivity index (χ0v) is 15.8. The molecule has 0 radical (unpaired) electrons. The van der Waals surface area contributed by atoms with Crippen molar-refractivity contribution >= 4 is 0 Å². The highest BCUT2D eigenvalue weighted by Crippen LogP contribution is 2.18. The summed E-state index contributed by atoms with van der Waals surface area (Å²) in [5.41, 5.74) is 2.65. The van der Waals surface area contributed by atoms with E-state index in [1.54, 1.807) is 0 Å². The van der Waals surface area contributed by atoms with Gasteiger partial charge in [0.2, 0.25) is 0 Å². The van der Waals surface area contributed by atoms with Crippen molar-refractivity contribution in [3.05, 3.63) is 65.7 Å². The van der Waals surface area contributed by atoms with Crippen LogP contribution in [0.4, 0.5) is 0 Å². The first-order valence-corrected chi connectivity index (χ1v) is 9.83. The van der Waals surface area contributed by atoms with Crippen molar-refractivity contribution in [3.63, 3.8) is 0 Å². The van der Waals surface area contributed by atoms with Crippen molar-refractivity contribution in [2.24, 2.45) is 0 Å². The fraction of sp³-hybridized carbons (Fsp3) is 0.478. The molecule has 0 saturated heterocycles. The predicted octanol–water partition coefficient (Wildman–Crippen LogP) is 6.28. The zero-order valence-electron chi connectivity index (χ0n) is 15.8. The average molecular weight is 340 g/mol. The van der Waals surface area contributed by atoms with Crippen LogP contribution in [0.5, 0.6) is 5.75 Å². The summed E-state index contributed by atoms with van der Waals surface area (Å²) in [7, 11) is 0. The van der Waals surface area contributed by atoms with Crippen LogP contribution in [0.15, 0.2) is 54.6 Å². The number of ether oxygens (including phenoxy) is 1. The fourth-order valence-corrected chi connectivity index (χ4v) is 3.02. The van der Waals surface area contributed by atoms with Crippen molar-refractivity contribution < 1.29 is 4.74 Å². The van der Waals surface area contributed by atoms with E-state index in [0.29, 0.717) is 6.04 Å². The molecule has 0 aromatic heterocycles. The molecule has 0 amide bonds. The van der Waals surface area contributed by atoms with E-state index < -0.39 is 0 Å². The SMILES string of the molecule is CCCCCCCOc1ccc(CNC(CC)c2ccccc2)cc1. The second kappa shape index (κ2) is 11.7. The Kier molecular flexibility index (Phi) is 9.14. The van der Waals surface area contributed by atoms with E-state index in [1.807, 2.05) is 0 Å². The molecule has 25 heavy (non-hydrogen) atoms. The highest BCUT2D eigenvalue weighted by Gasteiger charge is 2.07. The van der Waals surface area contributed by atoms with Gasteiger partial charge in [0, 0.05) is 12.6 Å². The lowest BCUT2D eigenvalue weighted by molar-refractivity contribution is 0.304. The Bertz CT molecular complexity index is 564. The standard InChI is InChI=1S/C23H33NO/c1-3-5-6-7-11-18-25-22-16-14-20(15-17-22)19-24-23(4-2)21-12-9-8-10-13-21/h8-10,12-17,23-24H,3-7,11,18-19H2,1-2H3. The molecule has 2 heteroatoms. The van der Waals surface area contributed by atoms with Crippen molar-refractivity contribution in [3.8, 4) is 5.75 Å². The third-order valence-corrected chi connectivity index (χ3v) is 4.60. The normalized spacial score (nSPS) is 12.1. The number of benzene rings is 2. The first-order valence-electron chi connectivity index (χ1n) is 9.83. The van der Waals surface area contributed by atoms with Gasteiger partial charge in [-0.2, -0.15) is 0 Å². The van der Waals surface area contributed by atoms with Gasteiger partial charge in [0.05, 0.1) is 6.61 Å². The van der Waals surface area contributed by atoms with Crippen LogP contribution < -0.4 is 10.1 Å². The molecule has 0 aliphatic carbocycles. The van der Waals surface area contributed by atoms with Crippen LogP contribution in [0.25, 0.3) is 0 Å². The molecule has 2 nitrogen and oxygen atoms in total. The monoisotopic (exact) mass is 339 g/mol. The lowest BCUT2D eigenvalue weighted by Gasteiger charge is -2.17. The Hall–Kier alpha value is -1.80. The third kappa shape index (κ3) is 7.31. The molecule has 0 fully saturated rings. The maximum atomic E-state index is 5.84. The Morgan fingerprint density at radius 1 is 0.840 bits per heavy atom. The number of unbranched alkanes of at least 4 members (excludes halogenated alkanes) is 4. The molecule has 0 saturated carbocycles. The minimum absolute atomic E-state index is 0.403. The summed E-state index contributed by atoms with van der Waals surface area (Å²) in [6, 6.07) is 19.6. The Labute approximate surface area is 153 Å². The highest BCUT2D eigenvalue weighted by atomic mass is 16.5. The third-order valence-electron chi connectivity index (χ3n) is 4.60. The van der Waals surface area contributed by atoms with E-state index >= 15 is 0 Å². The molecule has 136 valence electrons. The molecule has 1 N–H and O–H groups in total. The fourth-order valence-electron chi connectivity index (χ4n) is 3.02. The molecule has 0 aliphatic heterocycles. The number of hydrogen-bond acceptors (Lipinski definition) is 2. The summed E-state index contributed by atoms with van der Waals surface area (Å²) in [5, 5.41) is 3.65.